The van der Waals surface area contributed by atoms with Crippen LogP contribution < -0.4 is 4.74 Å². The van der Waals surface area contributed by atoms with Gasteiger partial charge in [-0.3, -0.25) is 9.69 Å². The molecule has 1 amide bonds. The van der Waals surface area contributed by atoms with E-state index >= 15 is 0 Å². The number of methoxy groups -OCH3 is 1. The van der Waals surface area contributed by atoms with Gasteiger partial charge in [-0.1, -0.05) is 23.7 Å². The largest absolute Gasteiger partial charge is 0.497 e. The molecule has 1 fully saturated rings. The van der Waals surface area contributed by atoms with Crippen LogP contribution in [0.4, 0.5) is 5.69 Å². The van der Waals surface area contributed by atoms with Crippen LogP contribution in [0.3, 0.4) is 0 Å². The molecule has 0 spiro atoms. The SMILES string of the molecule is COc1ccc(/C(C)=C2\SC(=Nc3cccnc3Cl)N(C)C2=O)cc1. The van der Waals surface area contributed by atoms with Gasteiger partial charge in [0.2, 0.25) is 0 Å². The van der Waals surface area contributed by atoms with Gasteiger partial charge in [-0.25, -0.2) is 9.98 Å². The van der Waals surface area contributed by atoms with Crippen molar-refractivity contribution in [1.82, 2.24) is 9.88 Å². The van der Waals surface area contributed by atoms with E-state index in [2.05, 4.69) is 9.98 Å². The average Bonchev–Trinajstić information content (AvgIpc) is 2.91. The predicted molar refractivity (Wildman–Crippen MR) is 102 cm³/mol. The summed E-state index contributed by atoms with van der Waals surface area (Å²) in [6, 6.07) is 11.1. The van der Waals surface area contributed by atoms with Gasteiger partial charge in [-0.2, -0.15) is 0 Å². The summed E-state index contributed by atoms with van der Waals surface area (Å²) in [7, 11) is 3.32. The number of aromatic nitrogens is 1. The van der Waals surface area contributed by atoms with Crippen LogP contribution in [0.2, 0.25) is 5.15 Å². The lowest BCUT2D eigenvalue weighted by atomic mass is 10.1. The second-order valence-corrected chi connectivity index (χ2v) is 6.69. The predicted octanol–water partition coefficient (Wildman–Crippen LogP) is 4.37. The highest BCUT2D eigenvalue weighted by Gasteiger charge is 2.32. The Hall–Kier alpha value is -2.31. The highest BCUT2D eigenvalue weighted by Crippen LogP contribution is 2.37. The molecule has 128 valence electrons. The molecule has 0 atom stereocenters. The molecular formula is C18H16ClN3O2S. The Morgan fingerprint density at radius 2 is 2.00 bits per heavy atom. The van der Waals surface area contributed by atoms with Crippen LogP contribution in [0.1, 0.15) is 12.5 Å². The van der Waals surface area contributed by atoms with E-state index in [1.165, 1.54) is 16.7 Å². The average molecular weight is 374 g/mol. The molecule has 25 heavy (non-hydrogen) atoms. The molecule has 1 saturated heterocycles. The summed E-state index contributed by atoms with van der Waals surface area (Å²) in [4.78, 5) is 23.3. The molecule has 0 unspecified atom stereocenters. The van der Waals surface area contributed by atoms with Gasteiger partial charge < -0.3 is 4.74 Å². The molecule has 1 aliphatic heterocycles. The van der Waals surface area contributed by atoms with E-state index < -0.39 is 0 Å². The Morgan fingerprint density at radius 3 is 2.64 bits per heavy atom. The third-order valence-corrected chi connectivity index (χ3v) is 5.32. The summed E-state index contributed by atoms with van der Waals surface area (Å²) >= 11 is 7.39. The van der Waals surface area contributed by atoms with Gasteiger partial charge in [0.15, 0.2) is 10.3 Å². The third-order valence-electron chi connectivity index (χ3n) is 3.80. The molecule has 7 heteroatoms. The number of hydrogen-bond donors (Lipinski definition) is 0. The van der Waals surface area contributed by atoms with Crippen molar-refractivity contribution in [1.29, 1.82) is 0 Å². The maximum absolute atomic E-state index is 12.6. The van der Waals surface area contributed by atoms with Gasteiger partial charge in [0.25, 0.3) is 5.91 Å². The molecule has 1 aromatic heterocycles. The molecule has 0 bridgehead atoms. The van der Waals surface area contributed by atoms with Crippen molar-refractivity contribution >= 4 is 45.7 Å². The van der Waals surface area contributed by atoms with Crippen molar-refractivity contribution < 1.29 is 9.53 Å². The van der Waals surface area contributed by atoms with E-state index in [4.69, 9.17) is 16.3 Å². The molecule has 0 radical (unpaired) electrons. The van der Waals surface area contributed by atoms with Crippen LogP contribution in [-0.4, -0.2) is 35.1 Å². The van der Waals surface area contributed by atoms with Crippen LogP contribution in [0.15, 0.2) is 52.5 Å². The quantitative estimate of drug-likeness (QED) is 0.592. The first-order valence-electron chi connectivity index (χ1n) is 7.51. The molecule has 0 N–H and O–H groups in total. The molecular weight excluding hydrogens is 358 g/mol. The van der Waals surface area contributed by atoms with E-state index in [9.17, 15) is 4.79 Å². The second-order valence-electron chi connectivity index (χ2n) is 5.36. The van der Waals surface area contributed by atoms with E-state index in [0.29, 0.717) is 20.9 Å². The monoisotopic (exact) mass is 373 g/mol. The minimum atomic E-state index is -0.0860. The number of aliphatic imine (C=N–C) groups is 1. The van der Waals surface area contributed by atoms with Crippen molar-refractivity contribution in [2.24, 2.45) is 4.99 Å². The van der Waals surface area contributed by atoms with Crippen LogP contribution in [0.25, 0.3) is 5.57 Å². The summed E-state index contributed by atoms with van der Waals surface area (Å²) in [6.45, 7) is 1.93. The fourth-order valence-corrected chi connectivity index (χ4v) is 3.52. The van der Waals surface area contributed by atoms with Gasteiger partial charge in [0, 0.05) is 13.2 Å². The molecule has 5 nitrogen and oxygen atoms in total. The summed E-state index contributed by atoms with van der Waals surface area (Å²) in [5, 5.41) is 0.878. The smallest absolute Gasteiger partial charge is 0.266 e. The van der Waals surface area contributed by atoms with Crippen molar-refractivity contribution in [3.63, 3.8) is 0 Å². The number of hydrogen-bond acceptors (Lipinski definition) is 5. The van der Waals surface area contributed by atoms with Crippen LogP contribution in [-0.2, 0) is 4.79 Å². The van der Waals surface area contributed by atoms with Gasteiger partial charge in [-0.05, 0) is 54.1 Å². The van der Waals surface area contributed by atoms with Crippen LogP contribution in [0.5, 0.6) is 5.75 Å². The number of thioether (sulfide) groups is 1. The number of allylic oxidation sites excluding steroid dienone is 1. The number of carbonyl (C=O) groups excluding carboxylic acids is 1. The lowest BCUT2D eigenvalue weighted by Gasteiger charge is -2.08. The highest BCUT2D eigenvalue weighted by atomic mass is 35.5. The van der Waals surface area contributed by atoms with E-state index in [1.54, 1.807) is 32.5 Å². The number of carbonyl (C=O) groups is 1. The summed E-state index contributed by atoms with van der Waals surface area (Å²) in [6.07, 6.45) is 1.60. The number of pyridine rings is 1. The van der Waals surface area contributed by atoms with Crippen LogP contribution in [0, 0.1) is 0 Å². The first kappa shape index (κ1) is 17.5. The van der Waals surface area contributed by atoms with Gasteiger partial charge in [-0.15, -0.1) is 0 Å². The minimum absolute atomic E-state index is 0.0860. The Balaban J connectivity index is 1.96. The fraction of sp³-hybridized carbons (Fsp3) is 0.167. The van der Waals surface area contributed by atoms with E-state index in [-0.39, 0.29) is 5.91 Å². The molecule has 1 aliphatic rings. The molecule has 1 aromatic carbocycles. The normalized spacial score (nSPS) is 18.0. The maximum atomic E-state index is 12.6. The van der Waals surface area contributed by atoms with Crippen LogP contribution >= 0.6 is 23.4 Å². The Kier molecular flexibility index (Phi) is 5.11. The minimum Gasteiger partial charge on any atom is -0.497 e. The number of rotatable bonds is 3. The summed E-state index contributed by atoms with van der Waals surface area (Å²) < 4.78 is 5.17. The van der Waals surface area contributed by atoms with Gasteiger partial charge in [0.1, 0.15) is 11.4 Å². The zero-order valence-electron chi connectivity index (χ0n) is 14.0. The van der Waals surface area contributed by atoms with Crippen molar-refractivity contribution in [2.45, 2.75) is 6.92 Å². The number of ether oxygens (including phenoxy) is 1. The van der Waals surface area contributed by atoms with Gasteiger partial charge in [0.05, 0.1) is 12.0 Å². The first-order valence-corrected chi connectivity index (χ1v) is 8.71. The van der Waals surface area contributed by atoms with E-state index in [1.807, 2.05) is 31.2 Å². The maximum Gasteiger partial charge on any atom is 0.266 e. The molecule has 0 aliphatic carbocycles. The van der Waals surface area contributed by atoms with E-state index in [0.717, 1.165) is 16.9 Å². The highest BCUT2D eigenvalue weighted by molar-refractivity contribution is 8.18. The topological polar surface area (TPSA) is 54.8 Å². The standard InChI is InChI=1S/C18H16ClN3O2S/c1-11(12-6-8-13(24-3)9-7-12)15-17(23)22(2)18(25-15)21-14-5-4-10-20-16(14)19/h4-10H,1-3H3/b15-11-,21-18?. The Labute approximate surface area is 155 Å². The fourth-order valence-electron chi connectivity index (χ4n) is 2.31. The van der Waals surface area contributed by atoms with Crippen molar-refractivity contribution in [3.8, 4) is 5.75 Å². The molecule has 2 heterocycles. The second kappa shape index (κ2) is 7.29. The van der Waals surface area contributed by atoms with Crippen molar-refractivity contribution in [2.75, 3.05) is 14.2 Å². The zero-order valence-corrected chi connectivity index (χ0v) is 15.6. The lowest BCUT2D eigenvalue weighted by molar-refractivity contribution is -0.121. The lowest BCUT2D eigenvalue weighted by Crippen LogP contribution is -2.23. The zero-order chi connectivity index (χ0) is 18.0. The summed E-state index contributed by atoms with van der Waals surface area (Å²) in [5.74, 6) is 0.689. The Morgan fingerprint density at radius 1 is 1.28 bits per heavy atom. The Bertz CT molecular complexity index is 878. The molecule has 3 rings (SSSR count). The third kappa shape index (κ3) is 3.55. The van der Waals surface area contributed by atoms with Gasteiger partial charge >= 0.3 is 0 Å². The summed E-state index contributed by atoms with van der Waals surface area (Å²) in [5.41, 5.74) is 2.40. The van der Waals surface area contributed by atoms with Crippen molar-refractivity contribution in [3.05, 3.63) is 58.2 Å². The number of nitrogens with zero attached hydrogens (tertiary/aromatic N) is 3. The number of halogens is 1. The molecule has 2 aromatic rings. The number of amides is 1. The number of likely N-dealkylation sites (N-methyl/N-ethyl adjacent to an activating group) is 1. The number of benzene rings is 1. The molecule has 0 saturated carbocycles. The first-order chi connectivity index (χ1) is 12.0. The number of amidine groups is 1.